The molecule has 0 spiro atoms. The summed E-state index contributed by atoms with van der Waals surface area (Å²) in [6.45, 7) is 9.12. The molecule has 1 fully saturated rings. The topological polar surface area (TPSA) is 143 Å². The van der Waals surface area contributed by atoms with E-state index in [0.717, 1.165) is 18.4 Å². The lowest BCUT2D eigenvalue weighted by molar-refractivity contribution is -0.127. The molecule has 0 aliphatic carbocycles. The van der Waals surface area contributed by atoms with E-state index in [4.69, 9.17) is 9.47 Å². The largest absolute Gasteiger partial charge is 0.454 e. The van der Waals surface area contributed by atoms with Crippen LogP contribution < -0.4 is 14.8 Å². The van der Waals surface area contributed by atoms with E-state index in [1.807, 2.05) is 44.2 Å². The van der Waals surface area contributed by atoms with Gasteiger partial charge in [-0.2, -0.15) is 4.31 Å². The van der Waals surface area contributed by atoms with Crippen molar-refractivity contribution in [2.24, 2.45) is 11.8 Å². The Hall–Kier alpha value is -2.71. The van der Waals surface area contributed by atoms with Gasteiger partial charge in [-0.3, -0.25) is 4.79 Å². The number of hydrogen-bond donors (Lipinski definition) is 2. The maximum atomic E-state index is 13.8. The molecule has 0 saturated carbocycles. The molecule has 13 heteroatoms. The van der Waals surface area contributed by atoms with Crippen molar-refractivity contribution in [3.05, 3.63) is 54.1 Å². The number of aliphatic hydroxyl groups excluding tert-OH is 1. The number of aliphatic hydroxyl groups is 1. The van der Waals surface area contributed by atoms with Crippen LogP contribution in [0.2, 0.25) is 0 Å². The highest BCUT2D eigenvalue weighted by molar-refractivity contribution is 7.90. The highest BCUT2D eigenvalue weighted by Crippen LogP contribution is 2.35. The quantitative estimate of drug-likeness (QED) is 0.318. The molecule has 2 aromatic carbocycles. The van der Waals surface area contributed by atoms with E-state index < -0.39 is 48.8 Å². The minimum Gasteiger partial charge on any atom is -0.454 e. The SMILES string of the molecule is CC(C)CN(CC(O)C(Cc1ccccc1)NC(=O)C(C)C(C)(C)S(=O)(=O)N1CCCC1)S(=O)(=O)c1ccc2c(c1)OCO2. The number of nitrogens with one attached hydrogen (secondary N) is 1. The van der Waals surface area contributed by atoms with Crippen molar-refractivity contribution >= 4 is 26.0 Å². The van der Waals surface area contributed by atoms with Crippen LogP contribution in [0.25, 0.3) is 0 Å². The van der Waals surface area contributed by atoms with Gasteiger partial charge >= 0.3 is 0 Å². The predicted octanol–water partition coefficient (Wildman–Crippen LogP) is 2.99. The second kappa shape index (κ2) is 13.7. The van der Waals surface area contributed by atoms with E-state index in [0.29, 0.717) is 24.6 Å². The van der Waals surface area contributed by atoms with Crippen LogP contribution >= 0.6 is 0 Å². The van der Waals surface area contributed by atoms with Gasteiger partial charge in [0, 0.05) is 32.2 Å². The van der Waals surface area contributed by atoms with E-state index in [-0.39, 0.29) is 37.1 Å². The van der Waals surface area contributed by atoms with Crippen molar-refractivity contribution in [1.29, 1.82) is 0 Å². The molecule has 3 unspecified atom stereocenters. The van der Waals surface area contributed by atoms with Crippen LogP contribution in [0.1, 0.15) is 53.0 Å². The molecule has 4 rings (SSSR count). The molecule has 1 saturated heterocycles. The fraction of sp³-hybridized carbons (Fsp3) is 0.581. The standard InChI is InChI=1S/C31H45N3O8S2/c1-22(2)19-34(43(37,38)25-13-14-28-29(18-25)42-21-41-28)20-27(35)26(17-24-11-7-6-8-12-24)32-30(36)23(3)31(4,5)44(39,40)33-15-9-10-16-33/h6-8,11-14,18,22-23,26-27,35H,9-10,15-17,19-21H2,1-5H3,(H,32,36). The summed E-state index contributed by atoms with van der Waals surface area (Å²) in [6, 6.07) is 12.7. The van der Waals surface area contributed by atoms with E-state index in [2.05, 4.69) is 5.32 Å². The van der Waals surface area contributed by atoms with E-state index in [1.165, 1.54) is 26.8 Å². The first kappa shape index (κ1) is 34.2. The van der Waals surface area contributed by atoms with Crippen LogP contribution in [-0.4, -0.2) is 86.3 Å². The van der Waals surface area contributed by atoms with Gasteiger partial charge in [0.25, 0.3) is 0 Å². The van der Waals surface area contributed by atoms with Crippen LogP contribution in [0.15, 0.2) is 53.4 Å². The van der Waals surface area contributed by atoms with Gasteiger partial charge in [-0.15, -0.1) is 0 Å². The molecule has 0 radical (unpaired) electrons. The summed E-state index contributed by atoms with van der Waals surface area (Å²) in [6.07, 6.45) is 0.457. The zero-order chi connectivity index (χ0) is 32.3. The number of benzene rings is 2. The number of ether oxygens (including phenoxy) is 2. The van der Waals surface area contributed by atoms with Gasteiger partial charge in [-0.25, -0.2) is 21.1 Å². The Balaban J connectivity index is 1.59. The van der Waals surface area contributed by atoms with E-state index in [9.17, 15) is 26.7 Å². The number of nitrogens with zero attached hydrogens (tertiary/aromatic N) is 2. The van der Waals surface area contributed by atoms with E-state index >= 15 is 0 Å². The lowest BCUT2D eigenvalue weighted by Gasteiger charge is -2.36. The minimum absolute atomic E-state index is 0.000682. The van der Waals surface area contributed by atoms with E-state index in [1.54, 1.807) is 20.8 Å². The maximum absolute atomic E-state index is 13.8. The number of fused-ring (bicyclic) bond motifs is 1. The molecule has 2 aliphatic rings. The first-order valence-corrected chi connectivity index (χ1v) is 17.9. The third kappa shape index (κ3) is 7.39. The summed E-state index contributed by atoms with van der Waals surface area (Å²) < 4.78 is 66.6. The Kier molecular flexibility index (Phi) is 10.7. The van der Waals surface area contributed by atoms with Crippen molar-refractivity contribution in [1.82, 2.24) is 13.9 Å². The highest BCUT2D eigenvalue weighted by atomic mass is 32.2. The Morgan fingerprint density at radius 1 is 0.977 bits per heavy atom. The monoisotopic (exact) mass is 651 g/mol. The molecular weight excluding hydrogens is 606 g/mol. The average Bonchev–Trinajstić information content (AvgIpc) is 3.69. The average molecular weight is 652 g/mol. The molecule has 2 aromatic rings. The van der Waals surface area contributed by atoms with Crippen LogP contribution in [-0.2, 0) is 31.3 Å². The number of hydrogen-bond acceptors (Lipinski definition) is 8. The molecule has 44 heavy (non-hydrogen) atoms. The molecule has 3 atom stereocenters. The Morgan fingerprint density at radius 3 is 2.25 bits per heavy atom. The number of rotatable bonds is 14. The summed E-state index contributed by atoms with van der Waals surface area (Å²) in [7, 11) is -7.86. The zero-order valence-electron chi connectivity index (χ0n) is 26.1. The number of amides is 1. The van der Waals surface area contributed by atoms with Gasteiger partial charge in [0.15, 0.2) is 11.5 Å². The molecule has 1 amide bonds. The smallest absolute Gasteiger partial charge is 0.243 e. The first-order valence-electron chi connectivity index (χ1n) is 15.1. The molecule has 2 aliphatic heterocycles. The third-order valence-electron chi connectivity index (χ3n) is 8.54. The molecular formula is C31H45N3O8S2. The van der Waals surface area contributed by atoms with Crippen molar-refractivity contribution in [3.8, 4) is 11.5 Å². The first-order chi connectivity index (χ1) is 20.6. The zero-order valence-corrected chi connectivity index (χ0v) is 27.7. The van der Waals surface area contributed by atoms with Crippen molar-refractivity contribution < 1.29 is 36.2 Å². The second-order valence-corrected chi connectivity index (χ2v) is 17.0. The predicted molar refractivity (Wildman–Crippen MR) is 167 cm³/mol. The van der Waals surface area contributed by atoms with Crippen molar-refractivity contribution in [2.75, 3.05) is 33.0 Å². The minimum atomic E-state index is -4.08. The Bertz CT molecular complexity index is 1510. The Morgan fingerprint density at radius 2 is 1.61 bits per heavy atom. The van der Waals surface area contributed by atoms with Crippen molar-refractivity contribution in [2.45, 2.75) is 75.7 Å². The molecule has 2 N–H and O–H groups in total. The maximum Gasteiger partial charge on any atom is 0.243 e. The summed E-state index contributed by atoms with van der Waals surface area (Å²) in [5, 5.41) is 14.5. The van der Waals surface area contributed by atoms with Crippen LogP contribution in [0.4, 0.5) is 0 Å². The Labute approximate surface area is 261 Å². The molecule has 0 aromatic heterocycles. The van der Waals surface area contributed by atoms with Crippen LogP contribution in [0.3, 0.4) is 0 Å². The van der Waals surface area contributed by atoms with Gasteiger partial charge < -0.3 is 19.9 Å². The van der Waals surface area contributed by atoms with Gasteiger partial charge in [0.1, 0.15) is 0 Å². The number of carbonyl (C=O) groups excluding carboxylic acids is 1. The molecule has 2 heterocycles. The summed E-state index contributed by atoms with van der Waals surface area (Å²) in [5.74, 6) is -0.779. The summed E-state index contributed by atoms with van der Waals surface area (Å²) >= 11 is 0. The van der Waals surface area contributed by atoms with Gasteiger partial charge in [-0.1, -0.05) is 51.1 Å². The normalized spacial score (nSPS) is 18.0. The van der Waals surface area contributed by atoms with Gasteiger partial charge in [0.2, 0.25) is 32.7 Å². The number of carbonyl (C=O) groups is 1. The fourth-order valence-electron chi connectivity index (χ4n) is 5.46. The third-order valence-corrected chi connectivity index (χ3v) is 13.1. The fourth-order valence-corrected chi connectivity index (χ4v) is 9.06. The summed E-state index contributed by atoms with van der Waals surface area (Å²) in [5.41, 5.74) is 0.822. The number of sulfonamides is 2. The van der Waals surface area contributed by atoms with Gasteiger partial charge in [0.05, 0.1) is 27.7 Å². The lowest BCUT2D eigenvalue weighted by Crippen LogP contribution is -2.56. The molecule has 0 bridgehead atoms. The van der Waals surface area contributed by atoms with Crippen LogP contribution in [0.5, 0.6) is 11.5 Å². The lowest BCUT2D eigenvalue weighted by atomic mass is 9.94. The highest BCUT2D eigenvalue weighted by Gasteiger charge is 2.47. The van der Waals surface area contributed by atoms with Gasteiger partial charge in [-0.05, 0) is 56.7 Å². The molecule has 11 nitrogen and oxygen atoms in total. The second-order valence-electron chi connectivity index (χ2n) is 12.5. The van der Waals surface area contributed by atoms with Crippen LogP contribution in [0, 0.1) is 11.8 Å². The molecule has 244 valence electrons. The summed E-state index contributed by atoms with van der Waals surface area (Å²) in [4.78, 5) is 13.7. The van der Waals surface area contributed by atoms with Crippen molar-refractivity contribution in [3.63, 3.8) is 0 Å².